The molecule has 4 heteroatoms. The van der Waals surface area contributed by atoms with Crippen molar-refractivity contribution in [3.8, 4) is 0 Å². The zero-order valence-corrected chi connectivity index (χ0v) is 14.3. The Labute approximate surface area is 147 Å². The summed E-state index contributed by atoms with van der Waals surface area (Å²) in [5.41, 5.74) is 3.25. The normalized spacial score (nSPS) is 11.6. The van der Waals surface area contributed by atoms with Crippen molar-refractivity contribution in [2.45, 2.75) is 19.8 Å². The number of hydrogen-bond donors (Lipinski definition) is 1. The largest absolute Gasteiger partial charge is 0.388 e. The fraction of sp³-hybridized carbons (Fsp3) is 0.190. The summed E-state index contributed by atoms with van der Waals surface area (Å²) in [5, 5.41) is 12.2. The highest BCUT2D eigenvalue weighted by Gasteiger charge is 2.11. The van der Waals surface area contributed by atoms with E-state index in [4.69, 9.17) is 0 Å². The molecule has 0 aliphatic heterocycles. The summed E-state index contributed by atoms with van der Waals surface area (Å²) in [7, 11) is 2.09. The van der Waals surface area contributed by atoms with Crippen molar-refractivity contribution in [2.75, 3.05) is 7.05 Å². The summed E-state index contributed by atoms with van der Waals surface area (Å²) in [6.07, 6.45) is 0. The van der Waals surface area contributed by atoms with E-state index in [9.17, 15) is 5.11 Å². The van der Waals surface area contributed by atoms with E-state index < -0.39 is 0 Å². The number of benzene rings is 3. The van der Waals surface area contributed by atoms with Crippen LogP contribution in [0.25, 0.3) is 21.8 Å². The van der Waals surface area contributed by atoms with Gasteiger partial charge in [0.25, 0.3) is 0 Å². The van der Waals surface area contributed by atoms with Gasteiger partial charge in [0.15, 0.2) is 0 Å². The second-order valence-electron chi connectivity index (χ2n) is 6.44. The summed E-state index contributed by atoms with van der Waals surface area (Å²) in [6, 6.07) is 23.0. The second-order valence-corrected chi connectivity index (χ2v) is 6.44. The van der Waals surface area contributed by atoms with Gasteiger partial charge < -0.3 is 9.67 Å². The van der Waals surface area contributed by atoms with E-state index in [2.05, 4.69) is 64.0 Å². The minimum Gasteiger partial charge on any atom is -0.388 e. The number of fused-ring (bicyclic) bond motifs is 2. The van der Waals surface area contributed by atoms with Crippen molar-refractivity contribution in [2.24, 2.45) is 0 Å². The number of imidazole rings is 1. The van der Waals surface area contributed by atoms with Crippen LogP contribution in [0.4, 0.5) is 0 Å². The Bertz CT molecular complexity index is 1020. The fourth-order valence-electron chi connectivity index (χ4n) is 3.34. The van der Waals surface area contributed by atoms with Gasteiger partial charge in [-0.3, -0.25) is 4.90 Å². The second kappa shape index (κ2) is 6.67. The number of aliphatic hydroxyl groups is 1. The highest BCUT2D eigenvalue weighted by molar-refractivity contribution is 5.83. The Balaban J connectivity index is 1.58. The molecule has 0 bridgehead atoms. The molecular formula is C21H21N3O. The molecule has 0 saturated carbocycles. The Morgan fingerprint density at radius 2 is 1.72 bits per heavy atom. The molecule has 4 rings (SSSR count). The van der Waals surface area contributed by atoms with Crippen molar-refractivity contribution >= 4 is 21.8 Å². The molecule has 25 heavy (non-hydrogen) atoms. The summed E-state index contributed by atoms with van der Waals surface area (Å²) >= 11 is 0. The maximum atomic E-state index is 9.64. The highest BCUT2D eigenvalue weighted by Crippen LogP contribution is 2.19. The maximum Gasteiger partial charge on any atom is 0.136 e. The third-order valence-corrected chi connectivity index (χ3v) is 4.52. The van der Waals surface area contributed by atoms with Crippen molar-refractivity contribution in [1.82, 2.24) is 14.5 Å². The lowest BCUT2D eigenvalue weighted by Crippen LogP contribution is -2.22. The molecule has 4 nitrogen and oxygen atoms in total. The van der Waals surface area contributed by atoms with Crippen molar-refractivity contribution in [3.05, 3.63) is 78.1 Å². The molecule has 3 aromatic carbocycles. The Morgan fingerprint density at radius 1 is 0.960 bits per heavy atom. The molecule has 126 valence electrons. The summed E-state index contributed by atoms with van der Waals surface area (Å²) in [5.74, 6) is 0.701. The summed E-state index contributed by atoms with van der Waals surface area (Å²) in [4.78, 5) is 6.75. The van der Waals surface area contributed by atoms with Crippen LogP contribution in [0, 0.1) is 0 Å². The lowest BCUT2D eigenvalue weighted by molar-refractivity contribution is 0.231. The molecule has 1 N–H and O–H groups in total. The zero-order valence-electron chi connectivity index (χ0n) is 14.3. The molecule has 0 unspecified atom stereocenters. The Hall–Kier alpha value is -2.69. The van der Waals surface area contributed by atoms with Gasteiger partial charge >= 0.3 is 0 Å². The third-order valence-electron chi connectivity index (χ3n) is 4.52. The topological polar surface area (TPSA) is 41.3 Å². The van der Waals surface area contributed by atoms with E-state index in [1.807, 2.05) is 24.3 Å². The van der Waals surface area contributed by atoms with E-state index in [0.29, 0.717) is 12.5 Å². The molecule has 1 aromatic heterocycles. The van der Waals surface area contributed by atoms with Gasteiger partial charge in [0.2, 0.25) is 0 Å². The molecule has 0 amide bonds. The number of nitrogens with zero attached hydrogens (tertiary/aromatic N) is 3. The van der Waals surface area contributed by atoms with Crippen LogP contribution in [0.15, 0.2) is 66.7 Å². The molecule has 0 aliphatic carbocycles. The van der Waals surface area contributed by atoms with Gasteiger partial charge in [0.1, 0.15) is 12.4 Å². The predicted octanol–water partition coefficient (Wildman–Crippen LogP) is 3.77. The standard InChI is InChI=1S/C21H21N3O/c1-23(13-16-10-11-17-6-2-3-7-18(17)12-16)15-24-20-9-5-4-8-19(20)22-21(24)14-25/h2-12,25H,13-15H2,1H3. The van der Waals surface area contributed by atoms with Gasteiger partial charge in [-0.25, -0.2) is 4.98 Å². The molecule has 0 atom stereocenters. The number of aromatic nitrogens is 2. The molecule has 0 spiro atoms. The first-order chi connectivity index (χ1) is 12.2. The van der Waals surface area contributed by atoms with Gasteiger partial charge in [-0.2, -0.15) is 0 Å². The Kier molecular flexibility index (Phi) is 4.22. The molecule has 0 saturated heterocycles. The van der Waals surface area contributed by atoms with Crippen LogP contribution in [0.5, 0.6) is 0 Å². The third kappa shape index (κ3) is 3.14. The smallest absolute Gasteiger partial charge is 0.136 e. The minimum atomic E-state index is -0.0570. The van der Waals surface area contributed by atoms with Crippen LogP contribution in [0.1, 0.15) is 11.4 Å². The quantitative estimate of drug-likeness (QED) is 0.605. The van der Waals surface area contributed by atoms with Crippen molar-refractivity contribution in [3.63, 3.8) is 0 Å². The van der Waals surface area contributed by atoms with Crippen molar-refractivity contribution in [1.29, 1.82) is 0 Å². The van der Waals surface area contributed by atoms with E-state index in [1.165, 1.54) is 16.3 Å². The Morgan fingerprint density at radius 3 is 2.56 bits per heavy atom. The summed E-state index contributed by atoms with van der Waals surface area (Å²) in [6.45, 7) is 1.46. The average Bonchev–Trinajstić information content (AvgIpc) is 2.99. The van der Waals surface area contributed by atoms with Crippen LogP contribution in [0.2, 0.25) is 0 Å². The van der Waals surface area contributed by atoms with Crippen LogP contribution in [-0.2, 0) is 19.8 Å². The van der Waals surface area contributed by atoms with Gasteiger partial charge in [-0.15, -0.1) is 0 Å². The van der Waals surface area contributed by atoms with Crippen LogP contribution in [-0.4, -0.2) is 26.6 Å². The molecule has 0 radical (unpaired) electrons. The van der Waals surface area contributed by atoms with Crippen molar-refractivity contribution < 1.29 is 5.11 Å². The monoisotopic (exact) mass is 331 g/mol. The van der Waals surface area contributed by atoms with Crippen LogP contribution in [0.3, 0.4) is 0 Å². The zero-order chi connectivity index (χ0) is 17.2. The van der Waals surface area contributed by atoms with Gasteiger partial charge in [-0.05, 0) is 41.6 Å². The van der Waals surface area contributed by atoms with Gasteiger partial charge in [0.05, 0.1) is 17.7 Å². The predicted molar refractivity (Wildman–Crippen MR) is 101 cm³/mol. The van der Waals surface area contributed by atoms with Gasteiger partial charge in [0, 0.05) is 6.54 Å². The van der Waals surface area contributed by atoms with Gasteiger partial charge in [-0.1, -0.05) is 48.5 Å². The first kappa shape index (κ1) is 15.8. The van der Waals surface area contributed by atoms with E-state index >= 15 is 0 Å². The molecule has 1 heterocycles. The molecule has 0 fully saturated rings. The van der Waals surface area contributed by atoms with E-state index in [-0.39, 0.29) is 6.61 Å². The molecule has 4 aromatic rings. The first-order valence-corrected chi connectivity index (χ1v) is 8.46. The highest BCUT2D eigenvalue weighted by atomic mass is 16.3. The number of aliphatic hydroxyl groups excluding tert-OH is 1. The van der Waals surface area contributed by atoms with E-state index in [1.54, 1.807) is 0 Å². The van der Waals surface area contributed by atoms with E-state index in [0.717, 1.165) is 17.6 Å². The molecule has 0 aliphatic rings. The number of rotatable bonds is 5. The lowest BCUT2D eigenvalue weighted by atomic mass is 10.1. The maximum absolute atomic E-state index is 9.64. The lowest BCUT2D eigenvalue weighted by Gasteiger charge is -2.19. The van der Waals surface area contributed by atoms with Crippen LogP contribution < -0.4 is 0 Å². The summed E-state index contributed by atoms with van der Waals surface area (Å²) < 4.78 is 2.08. The average molecular weight is 331 g/mol. The first-order valence-electron chi connectivity index (χ1n) is 8.46. The fourth-order valence-corrected chi connectivity index (χ4v) is 3.34. The minimum absolute atomic E-state index is 0.0570. The SMILES string of the molecule is CN(Cc1ccc2ccccc2c1)Cn1c(CO)nc2ccccc21. The van der Waals surface area contributed by atoms with Crippen LogP contribution >= 0.6 is 0 Å². The number of hydrogen-bond acceptors (Lipinski definition) is 3. The number of para-hydroxylation sites is 2. The molecular weight excluding hydrogens is 310 g/mol.